The fourth-order valence-corrected chi connectivity index (χ4v) is 3.06. The van der Waals surface area contributed by atoms with Gasteiger partial charge in [0.15, 0.2) is 19.7 Å². The van der Waals surface area contributed by atoms with Crippen molar-refractivity contribution in [2.75, 3.05) is 12.5 Å². The highest BCUT2D eigenvalue weighted by molar-refractivity contribution is 7.91. The molecule has 1 atom stereocenters. The molecule has 0 fully saturated rings. The lowest BCUT2D eigenvalue weighted by molar-refractivity contribution is 0.512. The topological polar surface area (TPSA) is 94.3 Å². The zero-order valence-corrected chi connectivity index (χ0v) is 13.0. The van der Waals surface area contributed by atoms with Crippen molar-refractivity contribution in [2.45, 2.75) is 29.7 Å². The van der Waals surface area contributed by atoms with Crippen LogP contribution in [-0.2, 0) is 19.7 Å². The average molecular weight is 305 g/mol. The average Bonchev–Trinajstić information content (AvgIpc) is 2.24. The van der Waals surface area contributed by atoms with Gasteiger partial charge in [0.25, 0.3) is 0 Å². The lowest BCUT2D eigenvalue weighted by Crippen LogP contribution is -2.18. The molecule has 108 valence electrons. The van der Waals surface area contributed by atoms with Gasteiger partial charge in [0.05, 0.1) is 9.79 Å². The SMILES string of the molecule is CC(C)[C@H](N)c1cc(S(C)(=O)=O)cc(S(C)(=O)=O)c1. The van der Waals surface area contributed by atoms with E-state index in [1.807, 2.05) is 13.8 Å². The fraction of sp³-hybridized carbons (Fsp3) is 0.500. The molecule has 0 aliphatic heterocycles. The van der Waals surface area contributed by atoms with Crippen LogP contribution in [0.2, 0.25) is 0 Å². The van der Waals surface area contributed by atoms with Gasteiger partial charge in [-0.05, 0) is 29.7 Å². The van der Waals surface area contributed by atoms with Gasteiger partial charge in [-0.2, -0.15) is 0 Å². The quantitative estimate of drug-likeness (QED) is 0.900. The van der Waals surface area contributed by atoms with E-state index in [9.17, 15) is 16.8 Å². The molecular weight excluding hydrogens is 286 g/mol. The Bertz CT molecular complexity index is 625. The Hall–Kier alpha value is -0.920. The van der Waals surface area contributed by atoms with Crippen molar-refractivity contribution in [3.8, 4) is 0 Å². The van der Waals surface area contributed by atoms with E-state index in [-0.39, 0.29) is 15.7 Å². The number of nitrogens with two attached hydrogens (primary N) is 1. The van der Waals surface area contributed by atoms with Gasteiger partial charge in [0, 0.05) is 18.6 Å². The van der Waals surface area contributed by atoms with E-state index in [0.717, 1.165) is 12.5 Å². The Kier molecular flexibility index (Phi) is 4.44. The van der Waals surface area contributed by atoms with Crippen LogP contribution >= 0.6 is 0 Å². The minimum atomic E-state index is -3.49. The predicted octanol–water partition coefficient (Wildman–Crippen LogP) is 1.15. The van der Waals surface area contributed by atoms with Crippen molar-refractivity contribution in [1.82, 2.24) is 0 Å². The van der Waals surface area contributed by atoms with E-state index in [1.165, 1.54) is 18.2 Å². The van der Waals surface area contributed by atoms with Crippen LogP contribution in [0, 0.1) is 5.92 Å². The summed E-state index contributed by atoms with van der Waals surface area (Å²) in [5.41, 5.74) is 6.48. The highest BCUT2D eigenvalue weighted by Gasteiger charge is 2.19. The second-order valence-corrected chi connectivity index (χ2v) is 9.08. The first kappa shape index (κ1) is 16.1. The van der Waals surface area contributed by atoms with Crippen molar-refractivity contribution in [3.05, 3.63) is 23.8 Å². The zero-order valence-electron chi connectivity index (χ0n) is 11.4. The van der Waals surface area contributed by atoms with Gasteiger partial charge in [-0.25, -0.2) is 16.8 Å². The summed E-state index contributed by atoms with van der Waals surface area (Å²) in [6.45, 7) is 3.77. The molecule has 0 aliphatic carbocycles. The lowest BCUT2D eigenvalue weighted by Gasteiger charge is -2.17. The third kappa shape index (κ3) is 4.02. The van der Waals surface area contributed by atoms with Crippen LogP contribution in [0.1, 0.15) is 25.5 Å². The van der Waals surface area contributed by atoms with Crippen LogP contribution in [0.25, 0.3) is 0 Å². The second-order valence-electron chi connectivity index (χ2n) is 5.05. The van der Waals surface area contributed by atoms with Gasteiger partial charge in [-0.1, -0.05) is 13.8 Å². The van der Waals surface area contributed by atoms with Crippen molar-refractivity contribution >= 4 is 19.7 Å². The minimum Gasteiger partial charge on any atom is -0.324 e. The Morgan fingerprint density at radius 1 is 0.895 bits per heavy atom. The van der Waals surface area contributed by atoms with Crippen LogP contribution in [0.5, 0.6) is 0 Å². The molecule has 0 unspecified atom stereocenters. The molecule has 1 aromatic carbocycles. The van der Waals surface area contributed by atoms with E-state index in [4.69, 9.17) is 5.73 Å². The maximum absolute atomic E-state index is 11.6. The third-order valence-corrected chi connectivity index (χ3v) is 5.05. The summed E-state index contributed by atoms with van der Waals surface area (Å²) in [4.78, 5) is -0.0527. The molecule has 2 N–H and O–H groups in total. The van der Waals surface area contributed by atoms with Crippen LogP contribution in [0.4, 0.5) is 0 Å². The predicted molar refractivity (Wildman–Crippen MR) is 74.4 cm³/mol. The fourth-order valence-electron chi connectivity index (χ4n) is 1.60. The Morgan fingerprint density at radius 2 is 1.26 bits per heavy atom. The molecule has 1 rings (SSSR count). The van der Waals surface area contributed by atoms with Crippen molar-refractivity contribution in [2.24, 2.45) is 11.7 Å². The van der Waals surface area contributed by atoms with Crippen molar-refractivity contribution < 1.29 is 16.8 Å². The first-order chi connectivity index (χ1) is 8.43. The molecule has 5 nitrogen and oxygen atoms in total. The largest absolute Gasteiger partial charge is 0.324 e. The number of benzene rings is 1. The summed E-state index contributed by atoms with van der Waals surface area (Å²) in [7, 11) is -6.97. The maximum Gasteiger partial charge on any atom is 0.175 e. The van der Waals surface area contributed by atoms with Crippen LogP contribution in [-0.4, -0.2) is 29.3 Å². The van der Waals surface area contributed by atoms with E-state index in [2.05, 4.69) is 0 Å². The minimum absolute atomic E-state index is 0.0264. The molecule has 0 amide bonds. The van der Waals surface area contributed by atoms with Gasteiger partial charge in [-0.15, -0.1) is 0 Å². The molecule has 0 bridgehead atoms. The maximum atomic E-state index is 11.6. The number of rotatable bonds is 4. The summed E-state index contributed by atoms with van der Waals surface area (Å²) in [6, 6.07) is 3.63. The molecule has 0 aliphatic rings. The summed E-state index contributed by atoms with van der Waals surface area (Å²) in [6.07, 6.45) is 2.08. The first-order valence-electron chi connectivity index (χ1n) is 5.73. The smallest absolute Gasteiger partial charge is 0.175 e. The summed E-state index contributed by atoms with van der Waals surface area (Å²) < 4.78 is 46.5. The van der Waals surface area contributed by atoms with E-state index >= 15 is 0 Å². The summed E-state index contributed by atoms with van der Waals surface area (Å²) in [5, 5.41) is 0. The Labute approximate surface area is 114 Å². The third-order valence-electron chi connectivity index (χ3n) is 2.86. The zero-order chi connectivity index (χ0) is 15.0. The monoisotopic (exact) mass is 305 g/mol. The molecule has 0 aromatic heterocycles. The van der Waals surface area contributed by atoms with Gasteiger partial charge in [-0.3, -0.25) is 0 Å². The summed E-state index contributed by atoms with van der Waals surface area (Å²) in [5.74, 6) is 0.0715. The highest BCUT2D eigenvalue weighted by Crippen LogP contribution is 2.25. The van der Waals surface area contributed by atoms with Crippen LogP contribution in [0.3, 0.4) is 0 Å². The van der Waals surface area contributed by atoms with Crippen LogP contribution < -0.4 is 5.73 Å². The molecule has 0 radical (unpaired) electrons. The Morgan fingerprint density at radius 3 is 1.53 bits per heavy atom. The first-order valence-corrected chi connectivity index (χ1v) is 9.52. The van der Waals surface area contributed by atoms with Gasteiger partial charge >= 0.3 is 0 Å². The molecule has 0 heterocycles. The molecule has 19 heavy (non-hydrogen) atoms. The van der Waals surface area contributed by atoms with Gasteiger partial charge in [0.1, 0.15) is 0 Å². The van der Waals surface area contributed by atoms with Crippen LogP contribution in [0.15, 0.2) is 28.0 Å². The molecule has 0 spiro atoms. The molecule has 0 saturated heterocycles. The Balaban J connectivity index is 3.59. The van der Waals surface area contributed by atoms with Gasteiger partial charge < -0.3 is 5.73 Å². The highest BCUT2D eigenvalue weighted by atomic mass is 32.2. The van der Waals surface area contributed by atoms with Crippen molar-refractivity contribution in [1.29, 1.82) is 0 Å². The number of hydrogen-bond acceptors (Lipinski definition) is 5. The van der Waals surface area contributed by atoms with Gasteiger partial charge in [0.2, 0.25) is 0 Å². The lowest BCUT2D eigenvalue weighted by atomic mass is 9.97. The van der Waals surface area contributed by atoms with E-state index in [0.29, 0.717) is 5.56 Å². The normalized spacial score (nSPS) is 14.6. The molecule has 0 saturated carbocycles. The summed E-state index contributed by atoms with van der Waals surface area (Å²) >= 11 is 0. The van der Waals surface area contributed by atoms with E-state index in [1.54, 1.807) is 0 Å². The standard InChI is InChI=1S/C12H19NO4S2/c1-8(2)12(13)9-5-10(18(3,14)15)7-11(6-9)19(4,16)17/h5-8,12H,13H2,1-4H3/t12-/m0/s1. The molecule has 7 heteroatoms. The number of sulfone groups is 2. The second kappa shape index (κ2) is 5.22. The molecule has 1 aromatic rings. The molecular formula is C12H19NO4S2. The van der Waals surface area contributed by atoms with Crippen molar-refractivity contribution in [3.63, 3.8) is 0 Å². The van der Waals surface area contributed by atoms with E-state index < -0.39 is 25.7 Å². The number of hydrogen-bond donors (Lipinski definition) is 1.